The number of halogens is 2. The molecule has 0 N–H and O–H groups in total. The largest absolute Gasteiger partial charge is 0.485 e. The van der Waals surface area contributed by atoms with E-state index in [1.807, 2.05) is 6.92 Å². The zero-order valence-corrected chi connectivity index (χ0v) is 26.5. The van der Waals surface area contributed by atoms with E-state index in [9.17, 15) is 8.78 Å². The summed E-state index contributed by atoms with van der Waals surface area (Å²) in [5, 5.41) is 1.69. The Hall–Kier alpha value is -1.68. The highest BCUT2D eigenvalue weighted by molar-refractivity contribution is 6.92. The van der Waals surface area contributed by atoms with Crippen molar-refractivity contribution in [3.8, 4) is 5.75 Å². The molecule has 1 atom stereocenters. The maximum absolute atomic E-state index is 15.0. The van der Waals surface area contributed by atoms with Crippen LogP contribution in [-0.2, 0) is 0 Å². The van der Waals surface area contributed by atoms with Crippen molar-refractivity contribution in [3.63, 3.8) is 0 Å². The van der Waals surface area contributed by atoms with E-state index in [4.69, 9.17) is 4.74 Å². The number of benzene rings is 2. The first-order chi connectivity index (χ1) is 19.5. The zero-order valence-electron chi connectivity index (χ0n) is 25.5. The van der Waals surface area contributed by atoms with E-state index in [1.165, 1.54) is 75.9 Å². The van der Waals surface area contributed by atoms with Gasteiger partial charge in [0.25, 0.3) is 0 Å². The van der Waals surface area contributed by atoms with Gasteiger partial charge in [0.05, 0.1) is 14.2 Å². The molecule has 1 aliphatic heterocycles. The molecule has 2 fully saturated rings. The molecule has 0 radical (unpaired) electrons. The molecule has 222 valence electrons. The molecule has 0 bridgehead atoms. The maximum Gasteiger partial charge on any atom is 0.191 e. The number of rotatable bonds is 14. The highest BCUT2D eigenvalue weighted by Gasteiger charge is 2.41. The van der Waals surface area contributed by atoms with Crippen LogP contribution in [0.1, 0.15) is 122 Å². The van der Waals surface area contributed by atoms with E-state index in [0.29, 0.717) is 0 Å². The van der Waals surface area contributed by atoms with Gasteiger partial charge in [-0.3, -0.25) is 0 Å². The quantitative estimate of drug-likeness (QED) is 0.163. The molecular formula is C36H54F2OSi. The monoisotopic (exact) mass is 568 g/mol. The Morgan fingerprint density at radius 3 is 2.00 bits per heavy atom. The smallest absolute Gasteiger partial charge is 0.191 e. The molecule has 2 aromatic rings. The normalized spacial score (nSPS) is 26.0. The van der Waals surface area contributed by atoms with Crippen molar-refractivity contribution in [2.24, 2.45) is 11.8 Å². The predicted octanol–water partition coefficient (Wildman–Crippen LogP) is 10.9. The van der Waals surface area contributed by atoms with Gasteiger partial charge in [0.2, 0.25) is 0 Å². The van der Waals surface area contributed by atoms with Crippen molar-refractivity contribution < 1.29 is 13.5 Å². The van der Waals surface area contributed by atoms with E-state index in [2.05, 4.69) is 44.2 Å². The molecule has 1 saturated carbocycles. The van der Waals surface area contributed by atoms with Gasteiger partial charge in [0.1, 0.15) is 0 Å². The summed E-state index contributed by atoms with van der Waals surface area (Å²) in [6, 6.07) is 19.0. The molecule has 2 aliphatic rings. The Labute approximate surface area is 244 Å². The van der Waals surface area contributed by atoms with Crippen LogP contribution in [0.4, 0.5) is 8.78 Å². The van der Waals surface area contributed by atoms with Crippen molar-refractivity contribution >= 4 is 13.3 Å². The van der Waals surface area contributed by atoms with E-state index in [-0.39, 0.29) is 17.8 Å². The molecule has 1 nitrogen and oxygen atoms in total. The summed E-state index contributed by atoms with van der Waals surface area (Å²) in [4.78, 5) is 0. The fourth-order valence-electron chi connectivity index (χ4n) is 7.82. The molecular weight excluding hydrogens is 514 g/mol. The summed E-state index contributed by atoms with van der Waals surface area (Å²) in [7, 11) is -1.40. The van der Waals surface area contributed by atoms with Gasteiger partial charge < -0.3 is 4.74 Å². The molecule has 40 heavy (non-hydrogen) atoms. The first kappa shape index (κ1) is 31.3. The van der Waals surface area contributed by atoms with Gasteiger partial charge >= 0.3 is 0 Å². The SMILES string of the molecule is CCCCCCC(C)Oc1c(F)cc([C@H]2CC[C@H](C3CC[Si](CCCCC)(c4ccccc4)CC3)CC2)cc1F. The summed E-state index contributed by atoms with van der Waals surface area (Å²) < 4.78 is 35.7. The third-order valence-corrected chi connectivity index (χ3v) is 15.7. The van der Waals surface area contributed by atoms with E-state index >= 15 is 0 Å². The summed E-state index contributed by atoms with van der Waals surface area (Å²) in [5.74, 6) is 0.620. The first-order valence-corrected chi connectivity index (χ1v) is 19.3. The average Bonchev–Trinajstić information content (AvgIpc) is 2.98. The van der Waals surface area contributed by atoms with Crippen LogP contribution in [0, 0.1) is 23.5 Å². The lowest BCUT2D eigenvalue weighted by Gasteiger charge is -2.43. The second-order valence-electron chi connectivity index (χ2n) is 13.1. The molecule has 1 unspecified atom stereocenters. The van der Waals surface area contributed by atoms with Crippen LogP contribution in [0.3, 0.4) is 0 Å². The van der Waals surface area contributed by atoms with Gasteiger partial charge in [-0.1, -0.05) is 119 Å². The molecule has 0 spiro atoms. The van der Waals surface area contributed by atoms with Crippen LogP contribution in [0.25, 0.3) is 0 Å². The number of hydrogen-bond acceptors (Lipinski definition) is 1. The topological polar surface area (TPSA) is 9.23 Å². The summed E-state index contributed by atoms with van der Waals surface area (Å²) >= 11 is 0. The zero-order chi connectivity index (χ0) is 28.4. The molecule has 0 aromatic heterocycles. The van der Waals surface area contributed by atoms with Crippen molar-refractivity contribution in [1.82, 2.24) is 0 Å². The summed E-state index contributed by atoms with van der Waals surface area (Å²) in [6.45, 7) is 6.41. The third-order valence-electron chi connectivity index (χ3n) is 10.3. The van der Waals surface area contributed by atoms with Crippen LogP contribution >= 0.6 is 0 Å². The number of ether oxygens (including phenoxy) is 1. The highest BCUT2D eigenvalue weighted by Crippen LogP contribution is 2.46. The molecule has 1 aliphatic carbocycles. The lowest BCUT2D eigenvalue weighted by molar-refractivity contribution is 0.187. The average molecular weight is 569 g/mol. The van der Waals surface area contributed by atoms with E-state index in [1.54, 1.807) is 17.3 Å². The molecule has 4 heteroatoms. The van der Waals surface area contributed by atoms with Crippen molar-refractivity contribution in [2.45, 2.75) is 141 Å². The van der Waals surface area contributed by atoms with Crippen molar-refractivity contribution in [3.05, 3.63) is 59.7 Å². The standard InChI is InChI=1S/C36H54F2OSi/c1-4-6-8-10-14-28(3)39-36-34(37)26-32(27-35(36)38)30-19-17-29(18-20-30)31-21-24-40(25-22-31,23-13-7-5-2)33-15-11-9-12-16-33/h9,11-12,15-16,26-31H,4-8,10,13-14,17-25H2,1-3H3/t28?,29-,30-,31?,40?. The Balaban J connectivity index is 1.30. The lowest BCUT2D eigenvalue weighted by Crippen LogP contribution is -2.50. The first-order valence-electron chi connectivity index (χ1n) is 16.7. The summed E-state index contributed by atoms with van der Waals surface area (Å²) in [6.07, 6.45) is 16.5. The van der Waals surface area contributed by atoms with E-state index < -0.39 is 19.7 Å². The fourth-order valence-corrected chi connectivity index (χ4v) is 13.1. The van der Waals surface area contributed by atoms with Gasteiger partial charge in [0, 0.05) is 0 Å². The van der Waals surface area contributed by atoms with Gasteiger partial charge in [-0.05, 0) is 80.9 Å². The minimum atomic E-state index is -1.40. The van der Waals surface area contributed by atoms with Gasteiger partial charge in [0.15, 0.2) is 17.4 Å². The number of hydrogen-bond donors (Lipinski definition) is 0. The minimum absolute atomic E-state index is 0.173. The maximum atomic E-state index is 15.0. The van der Waals surface area contributed by atoms with Gasteiger partial charge in [-0.2, -0.15) is 0 Å². The Bertz CT molecular complexity index is 986. The van der Waals surface area contributed by atoms with Crippen molar-refractivity contribution in [1.29, 1.82) is 0 Å². The Morgan fingerprint density at radius 2 is 1.38 bits per heavy atom. The van der Waals surface area contributed by atoms with Crippen LogP contribution in [-0.4, -0.2) is 14.2 Å². The lowest BCUT2D eigenvalue weighted by atomic mass is 9.72. The van der Waals surface area contributed by atoms with Crippen LogP contribution in [0.5, 0.6) is 5.75 Å². The molecule has 4 rings (SSSR count). The highest BCUT2D eigenvalue weighted by atomic mass is 28.3. The summed E-state index contributed by atoms with van der Waals surface area (Å²) in [5.41, 5.74) is 0.825. The molecule has 2 aromatic carbocycles. The van der Waals surface area contributed by atoms with Gasteiger partial charge in [-0.15, -0.1) is 0 Å². The number of unbranched alkanes of at least 4 members (excludes halogenated alkanes) is 5. The Kier molecular flexibility index (Phi) is 12.1. The second-order valence-corrected chi connectivity index (χ2v) is 17.8. The van der Waals surface area contributed by atoms with E-state index in [0.717, 1.165) is 49.5 Å². The molecule has 1 heterocycles. The fraction of sp³-hybridized carbons (Fsp3) is 0.667. The van der Waals surface area contributed by atoms with Crippen LogP contribution in [0.15, 0.2) is 42.5 Å². The Morgan fingerprint density at radius 1 is 0.775 bits per heavy atom. The molecule has 0 amide bonds. The third kappa shape index (κ3) is 8.20. The van der Waals surface area contributed by atoms with Crippen LogP contribution < -0.4 is 9.92 Å². The van der Waals surface area contributed by atoms with Crippen LogP contribution in [0.2, 0.25) is 18.1 Å². The predicted molar refractivity (Wildman–Crippen MR) is 168 cm³/mol. The molecule has 1 saturated heterocycles. The minimum Gasteiger partial charge on any atom is -0.485 e. The van der Waals surface area contributed by atoms with Crippen molar-refractivity contribution in [2.75, 3.05) is 0 Å². The van der Waals surface area contributed by atoms with Gasteiger partial charge in [-0.25, -0.2) is 8.78 Å². The second kappa shape index (κ2) is 15.5.